The van der Waals surface area contributed by atoms with Gasteiger partial charge in [0.2, 0.25) is 0 Å². The molecule has 6 heteroatoms. The summed E-state index contributed by atoms with van der Waals surface area (Å²) in [7, 11) is 0. The monoisotopic (exact) mass is 334 g/mol. The fourth-order valence-corrected chi connectivity index (χ4v) is 3.59. The Morgan fingerprint density at radius 3 is 2.92 bits per heavy atom. The van der Waals surface area contributed by atoms with Crippen LogP contribution in [-0.4, -0.2) is 33.3 Å². The average Bonchev–Trinajstić information content (AvgIpc) is 3.11. The first-order valence-corrected chi connectivity index (χ1v) is 8.68. The van der Waals surface area contributed by atoms with Crippen LogP contribution in [-0.2, 0) is 6.42 Å². The number of H-pyrrole nitrogens is 1. The molecule has 3 heterocycles. The number of piperidine rings is 1. The van der Waals surface area contributed by atoms with Crippen molar-refractivity contribution in [2.45, 2.75) is 25.2 Å². The lowest BCUT2D eigenvalue weighted by Gasteiger charge is -2.33. The van der Waals surface area contributed by atoms with Crippen LogP contribution in [0.3, 0.4) is 0 Å². The molecule has 3 aromatic rings. The molecule has 1 aliphatic rings. The first-order chi connectivity index (χ1) is 12.3. The second kappa shape index (κ2) is 6.93. The minimum Gasteiger partial charge on any atom is -0.384 e. The van der Waals surface area contributed by atoms with E-state index in [1.165, 1.54) is 23.1 Å². The number of aromatic amines is 1. The van der Waals surface area contributed by atoms with E-state index in [0.717, 1.165) is 38.2 Å². The minimum atomic E-state index is 0.422. The van der Waals surface area contributed by atoms with Crippen molar-refractivity contribution >= 4 is 11.6 Å². The van der Waals surface area contributed by atoms with Gasteiger partial charge in [-0.05, 0) is 24.0 Å². The molecule has 0 bridgehead atoms. The summed E-state index contributed by atoms with van der Waals surface area (Å²) in [4.78, 5) is 10.7. The Morgan fingerprint density at radius 1 is 1.20 bits per heavy atom. The van der Waals surface area contributed by atoms with Crippen LogP contribution >= 0.6 is 0 Å². The second-order valence-corrected chi connectivity index (χ2v) is 6.56. The molecule has 0 unspecified atom stereocenters. The molecule has 1 fully saturated rings. The van der Waals surface area contributed by atoms with E-state index in [2.05, 4.69) is 49.3 Å². The number of hydrogen-bond donors (Lipinski definition) is 2. The lowest BCUT2D eigenvalue weighted by atomic mass is 9.91. The maximum absolute atomic E-state index is 5.81. The lowest BCUT2D eigenvalue weighted by Crippen LogP contribution is -2.35. The molecule has 1 atom stereocenters. The Hall–Kier alpha value is -2.89. The highest BCUT2D eigenvalue weighted by atomic mass is 15.2. The van der Waals surface area contributed by atoms with Crippen molar-refractivity contribution in [1.29, 1.82) is 0 Å². The van der Waals surface area contributed by atoms with Crippen LogP contribution < -0.4 is 10.6 Å². The van der Waals surface area contributed by atoms with Gasteiger partial charge in [0.15, 0.2) is 0 Å². The number of anilines is 2. The van der Waals surface area contributed by atoms with Crippen molar-refractivity contribution in [2.24, 2.45) is 0 Å². The van der Waals surface area contributed by atoms with Gasteiger partial charge in [0, 0.05) is 37.2 Å². The highest BCUT2D eigenvalue weighted by Crippen LogP contribution is 2.30. The summed E-state index contributed by atoms with van der Waals surface area (Å²) in [5.74, 6) is 1.84. The predicted octanol–water partition coefficient (Wildman–Crippen LogP) is 2.76. The Morgan fingerprint density at radius 2 is 2.08 bits per heavy atom. The largest absolute Gasteiger partial charge is 0.384 e. The van der Waals surface area contributed by atoms with Crippen molar-refractivity contribution in [2.75, 3.05) is 23.7 Å². The maximum atomic E-state index is 5.81. The molecule has 0 saturated carbocycles. The molecule has 0 amide bonds. The maximum Gasteiger partial charge on any atom is 0.134 e. The van der Waals surface area contributed by atoms with Crippen LogP contribution in [0.15, 0.2) is 48.9 Å². The number of hydrogen-bond acceptors (Lipinski definition) is 5. The van der Waals surface area contributed by atoms with Crippen LogP contribution in [0.2, 0.25) is 0 Å². The second-order valence-electron chi connectivity index (χ2n) is 6.56. The summed E-state index contributed by atoms with van der Waals surface area (Å²) in [5.41, 5.74) is 9.64. The third kappa shape index (κ3) is 3.47. The van der Waals surface area contributed by atoms with Gasteiger partial charge in [-0.25, -0.2) is 9.97 Å². The van der Waals surface area contributed by atoms with Gasteiger partial charge < -0.3 is 10.6 Å². The highest BCUT2D eigenvalue weighted by Gasteiger charge is 2.25. The third-order valence-corrected chi connectivity index (χ3v) is 4.82. The lowest BCUT2D eigenvalue weighted by molar-refractivity contribution is 0.496. The van der Waals surface area contributed by atoms with Gasteiger partial charge in [-0.1, -0.05) is 30.3 Å². The molecule has 1 aromatic carbocycles. The van der Waals surface area contributed by atoms with E-state index in [1.54, 1.807) is 0 Å². The van der Waals surface area contributed by atoms with E-state index >= 15 is 0 Å². The van der Waals surface area contributed by atoms with E-state index in [-0.39, 0.29) is 0 Å². The third-order valence-electron chi connectivity index (χ3n) is 4.82. The zero-order valence-corrected chi connectivity index (χ0v) is 14.1. The summed E-state index contributed by atoms with van der Waals surface area (Å²) >= 11 is 0. The normalized spacial score (nSPS) is 17.6. The molecule has 0 aliphatic carbocycles. The zero-order valence-electron chi connectivity index (χ0n) is 14.1. The summed E-state index contributed by atoms with van der Waals surface area (Å²) in [6, 6.07) is 12.4. The van der Waals surface area contributed by atoms with Gasteiger partial charge in [0.25, 0.3) is 0 Å². The highest BCUT2D eigenvalue weighted by molar-refractivity contribution is 5.47. The van der Waals surface area contributed by atoms with E-state index in [1.807, 2.05) is 18.3 Å². The molecule has 0 radical (unpaired) electrons. The van der Waals surface area contributed by atoms with Gasteiger partial charge >= 0.3 is 0 Å². The predicted molar refractivity (Wildman–Crippen MR) is 98.5 cm³/mol. The van der Waals surface area contributed by atoms with Crippen molar-refractivity contribution in [3.8, 4) is 0 Å². The molecule has 2 aromatic heterocycles. The molecular formula is C19H22N6. The van der Waals surface area contributed by atoms with Crippen LogP contribution in [0, 0.1) is 0 Å². The van der Waals surface area contributed by atoms with Crippen molar-refractivity contribution in [3.63, 3.8) is 0 Å². The number of benzene rings is 1. The Bertz CT molecular complexity index is 829. The smallest absolute Gasteiger partial charge is 0.134 e. The fourth-order valence-electron chi connectivity index (χ4n) is 3.59. The van der Waals surface area contributed by atoms with Crippen molar-refractivity contribution < 1.29 is 0 Å². The standard InChI is InChI=1S/C19H22N6/c20-17-10-18(22-13-21-17)25-8-4-7-15(12-25)19-16(11-23-24-19)9-14-5-2-1-3-6-14/h1-3,5-6,10-11,13,15H,4,7-9,12H2,(H,23,24)(H2,20,21,22)/t15-/m0/s1. The first-order valence-electron chi connectivity index (χ1n) is 8.68. The number of aromatic nitrogens is 4. The average molecular weight is 334 g/mol. The summed E-state index contributed by atoms with van der Waals surface area (Å²) in [6.45, 7) is 1.91. The molecule has 25 heavy (non-hydrogen) atoms. The summed E-state index contributed by atoms with van der Waals surface area (Å²) < 4.78 is 0. The number of nitrogens with one attached hydrogen (secondary N) is 1. The molecular weight excluding hydrogens is 312 g/mol. The quantitative estimate of drug-likeness (QED) is 0.766. The van der Waals surface area contributed by atoms with E-state index in [0.29, 0.717) is 11.7 Å². The van der Waals surface area contributed by atoms with Gasteiger partial charge in [-0.3, -0.25) is 5.10 Å². The topological polar surface area (TPSA) is 83.7 Å². The number of nitrogens with two attached hydrogens (primary N) is 1. The fraction of sp³-hybridized carbons (Fsp3) is 0.316. The Kier molecular flexibility index (Phi) is 4.33. The van der Waals surface area contributed by atoms with Gasteiger partial charge in [-0.15, -0.1) is 0 Å². The van der Waals surface area contributed by atoms with E-state index < -0.39 is 0 Å². The molecule has 1 saturated heterocycles. The Labute approximate surface area is 147 Å². The molecule has 3 N–H and O–H groups in total. The molecule has 1 aliphatic heterocycles. The van der Waals surface area contributed by atoms with Crippen LogP contribution in [0.4, 0.5) is 11.6 Å². The SMILES string of the molecule is Nc1cc(N2CCC[C@H](c3[nH]ncc3Cc3ccccc3)C2)ncn1. The first kappa shape index (κ1) is 15.6. The number of nitrogen functional groups attached to an aromatic ring is 1. The molecule has 0 spiro atoms. The minimum absolute atomic E-state index is 0.422. The zero-order chi connectivity index (χ0) is 17.1. The van der Waals surface area contributed by atoms with Gasteiger partial charge in [0.1, 0.15) is 18.0 Å². The molecule has 4 rings (SSSR count). The van der Waals surface area contributed by atoms with E-state index in [9.17, 15) is 0 Å². The van der Waals surface area contributed by atoms with E-state index in [4.69, 9.17) is 5.73 Å². The van der Waals surface area contributed by atoms with Crippen LogP contribution in [0.1, 0.15) is 35.6 Å². The number of rotatable bonds is 4. The summed E-state index contributed by atoms with van der Waals surface area (Å²) in [6.07, 6.45) is 6.68. The van der Waals surface area contributed by atoms with Crippen molar-refractivity contribution in [3.05, 3.63) is 65.7 Å². The van der Waals surface area contributed by atoms with Gasteiger partial charge in [-0.2, -0.15) is 5.10 Å². The summed E-state index contributed by atoms with van der Waals surface area (Å²) in [5, 5.41) is 7.56. The van der Waals surface area contributed by atoms with Gasteiger partial charge in [0.05, 0.1) is 6.20 Å². The molecule has 6 nitrogen and oxygen atoms in total. The Balaban J connectivity index is 1.53. The van der Waals surface area contributed by atoms with Crippen LogP contribution in [0.5, 0.6) is 0 Å². The van der Waals surface area contributed by atoms with Crippen LogP contribution in [0.25, 0.3) is 0 Å². The number of nitrogens with zero attached hydrogens (tertiary/aromatic N) is 4. The van der Waals surface area contributed by atoms with Crippen molar-refractivity contribution in [1.82, 2.24) is 20.2 Å². The molecule has 128 valence electrons.